The largest absolute Gasteiger partial charge is 0.469 e. The summed E-state index contributed by atoms with van der Waals surface area (Å²) < 4.78 is 5.77. The predicted molar refractivity (Wildman–Crippen MR) is 69.0 cm³/mol. The molecule has 2 heterocycles. The van der Waals surface area contributed by atoms with Gasteiger partial charge in [-0.25, -0.2) is 4.98 Å². The highest BCUT2D eigenvalue weighted by Crippen LogP contribution is 2.25. The second kappa shape index (κ2) is 5.04. The molecule has 2 rings (SSSR count). The van der Waals surface area contributed by atoms with Gasteiger partial charge in [0.25, 0.3) is 0 Å². The summed E-state index contributed by atoms with van der Waals surface area (Å²) in [5.74, 6) is 0.782. The number of carbonyl (C=O) groups is 1. The Kier molecular flexibility index (Phi) is 3.66. The highest BCUT2D eigenvalue weighted by atomic mass is 79.9. The van der Waals surface area contributed by atoms with Crippen LogP contribution in [0.5, 0.6) is 0 Å². The van der Waals surface area contributed by atoms with E-state index in [1.54, 1.807) is 6.20 Å². The number of pyridine rings is 1. The van der Waals surface area contributed by atoms with Crippen LogP contribution in [-0.4, -0.2) is 31.2 Å². The Labute approximate surface area is 109 Å². The predicted octanol–water partition coefficient (Wildman–Crippen LogP) is 2.15. The fourth-order valence-corrected chi connectivity index (χ4v) is 2.24. The van der Waals surface area contributed by atoms with Crippen molar-refractivity contribution in [1.82, 2.24) is 4.98 Å². The van der Waals surface area contributed by atoms with Crippen LogP contribution in [0.25, 0.3) is 0 Å². The van der Waals surface area contributed by atoms with Gasteiger partial charge in [0.15, 0.2) is 0 Å². The van der Waals surface area contributed by atoms with Crippen molar-refractivity contribution in [2.24, 2.45) is 5.92 Å². The number of carbonyl (C=O) groups excluding carboxylic acids is 1. The van der Waals surface area contributed by atoms with E-state index in [9.17, 15) is 4.79 Å². The van der Waals surface area contributed by atoms with Gasteiger partial charge in [-0.1, -0.05) is 0 Å². The molecule has 1 aliphatic heterocycles. The fourth-order valence-electron chi connectivity index (χ4n) is 2.02. The number of ether oxygens (including phenoxy) is 1. The third-order valence-electron chi connectivity index (χ3n) is 3.08. The van der Waals surface area contributed by atoms with Gasteiger partial charge >= 0.3 is 5.97 Å². The van der Waals surface area contributed by atoms with E-state index in [1.165, 1.54) is 7.11 Å². The van der Waals surface area contributed by atoms with Crippen molar-refractivity contribution in [3.05, 3.63) is 22.3 Å². The van der Waals surface area contributed by atoms with Crippen molar-refractivity contribution in [2.45, 2.75) is 13.3 Å². The molecule has 92 valence electrons. The molecule has 1 aromatic heterocycles. The van der Waals surface area contributed by atoms with Crippen molar-refractivity contribution in [3.63, 3.8) is 0 Å². The number of esters is 1. The summed E-state index contributed by atoms with van der Waals surface area (Å²) in [4.78, 5) is 17.9. The van der Waals surface area contributed by atoms with E-state index >= 15 is 0 Å². The summed E-state index contributed by atoms with van der Waals surface area (Å²) >= 11 is 3.43. The number of aromatic nitrogens is 1. The SMILES string of the molecule is COC(=O)C1CCN(c2cc(C)c(Br)cn2)C1. The molecule has 0 spiro atoms. The van der Waals surface area contributed by atoms with Crippen LogP contribution in [0.15, 0.2) is 16.7 Å². The Hall–Kier alpha value is -1.10. The number of halogens is 1. The first-order valence-electron chi connectivity index (χ1n) is 5.56. The highest BCUT2D eigenvalue weighted by molar-refractivity contribution is 9.10. The van der Waals surface area contributed by atoms with Gasteiger partial charge in [0, 0.05) is 23.8 Å². The topological polar surface area (TPSA) is 42.4 Å². The minimum atomic E-state index is -0.124. The van der Waals surface area contributed by atoms with Gasteiger partial charge in [-0.15, -0.1) is 0 Å². The molecule has 5 heteroatoms. The van der Waals surface area contributed by atoms with E-state index in [-0.39, 0.29) is 11.9 Å². The van der Waals surface area contributed by atoms with Gasteiger partial charge in [0.1, 0.15) is 5.82 Å². The second-order valence-electron chi connectivity index (χ2n) is 4.25. The molecule has 0 amide bonds. The van der Waals surface area contributed by atoms with Crippen LogP contribution in [0.2, 0.25) is 0 Å². The third kappa shape index (κ3) is 2.60. The molecule has 0 aromatic carbocycles. The molecule has 1 aromatic rings. The molecule has 1 fully saturated rings. The zero-order valence-corrected chi connectivity index (χ0v) is 11.5. The lowest BCUT2D eigenvalue weighted by molar-refractivity contribution is -0.144. The van der Waals surface area contributed by atoms with Gasteiger partial charge in [-0.05, 0) is 40.9 Å². The monoisotopic (exact) mass is 298 g/mol. The van der Waals surface area contributed by atoms with Gasteiger partial charge in [-0.2, -0.15) is 0 Å². The Bertz CT molecular complexity index is 437. The molecule has 0 saturated carbocycles. The number of anilines is 1. The minimum absolute atomic E-state index is 0.0225. The van der Waals surface area contributed by atoms with Crippen molar-refractivity contribution < 1.29 is 9.53 Å². The Morgan fingerprint density at radius 3 is 3.06 bits per heavy atom. The summed E-state index contributed by atoms with van der Waals surface area (Å²) in [6, 6.07) is 2.03. The molecule has 1 atom stereocenters. The lowest BCUT2D eigenvalue weighted by Crippen LogP contribution is -2.24. The zero-order valence-electron chi connectivity index (χ0n) is 9.94. The number of nitrogens with zero attached hydrogens (tertiary/aromatic N) is 2. The quantitative estimate of drug-likeness (QED) is 0.785. The molecule has 0 aliphatic carbocycles. The molecule has 1 aliphatic rings. The molecular weight excluding hydrogens is 284 g/mol. The van der Waals surface area contributed by atoms with Gasteiger partial charge in [0.05, 0.1) is 13.0 Å². The molecule has 0 radical (unpaired) electrons. The molecule has 0 N–H and O–H groups in total. The number of rotatable bonds is 2. The lowest BCUT2D eigenvalue weighted by atomic mass is 10.1. The maximum absolute atomic E-state index is 11.4. The maximum Gasteiger partial charge on any atom is 0.310 e. The number of aryl methyl sites for hydroxylation is 1. The van der Waals surface area contributed by atoms with Crippen molar-refractivity contribution in [1.29, 1.82) is 0 Å². The third-order valence-corrected chi connectivity index (χ3v) is 3.91. The lowest BCUT2D eigenvalue weighted by Gasteiger charge is -2.17. The van der Waals surface area contributed by atoms with E-state index < -0.39 is 0 Å². The first kappa shape index (κ1) is 12.4. The van der Waals surface area contributed by atoms with Crippen LogP contribution in [0.4, 0.5) is 5.82 Å². The summed E-state index contributed by atoms with van der Waals surface area (Å²) in [6.45, 7) is 3.58. The van der Waals surface area contributed by atoms with Crippen LogP contribution in [0.3, 0.4) is 0 Å². The van der Waals surface area contributed by atoms with Crippen molar-refractivity contribution >= 4 is 27.7 Å². The Balaban J connectivity index is 2.10. The molecule has 0 bridgehead atoms. The average molecular weight is 299 g/mol. The summed E-state index contributed by atoms with van der Waals surface area (Å²) in [5.41, 5.74) is 1.15. The first-order chi connectivity index (χ1) is 8.11. The minimum Gasteiger partial charge on any atom is -0.469 e. The number of hydrogen-bond acceptors (Lipinski definition) is 4. The molecule has 4 nitrogen and oxygen atoms in total. The van der Waals surface area contributed by atoms with E-state index in [0.29, 0.717) is 6.54 Å². The van der Waals surface area contributed by atoms with E-state index in [4.69, 9.17) is 4.74 Å². The highest BCUT2D eigenvalue weighted by Gasteiger charge is 2.29. The van der Waals surface area contributed by atoms with Gasteiger partial charge in [-0.3, -0.25) is 4.79 Å². The van der Waals surface area contributed by atoms with E-state index in [0.717, 1.165) is 28.8 Å². The fraction of sp³-hybridized carbons (Fsp3) is 0.500. The maximum atomic E-state index is 11.4. The number of methoxy groups -OCH3 is 1. The van der Waals surface area contributed by atoms with Crippen molar-refractivity contribution in [3.8, 4) is 0 Å². The van der Waals surface area contributed by atoms with Gasteiger partial charge < -0.3 is 9.64 Å². The van der Waals surface area contributed by atoms with E-state index in [1.807, 2.05) is 13.0 Å². The van der Waals surface area contributed by atoms with Gasteiger partial charge in [0.2, 0.25) is 0 Å². The van der Waals surface area contributed by atoms with Crippen LogP contribution in [-0.2, 0) is 9.53 Å². The summed E-state index contributed by atoms with van der Waals surface area (Å²) in [6.07, 6.45) is 2.64. The van der Waals surface area contributed by atoms with Crippen LogP contribution in [0.1, 0.15) is 12.0 Å². The Morgan fingerprint density at radius 2 is 2.41 bits per heavy atom. The molecular formula is C12H15BrN2O2. The molecule has 1 unspecified atom stereocenters. The smallest absolute Gasteiger partial charge is 0.310 e. The second-order valence-corrected chi connectivity index (χ2v) is 5.10. The van der Waals surface area contributed by atoms with Crippen LogP contribution >= 0.6 is 15.9 Å². The van der Waals surface area contributed by atoms with Crippen molar-refractivity contribution in [2.75, 3.05) is 25.1 Å². The normalized spacial score (nSPS) is 19.5. The van der Waals surface area contributed by atoms with Crippen LogP contribution in [0, 0.1) is 12.8 Å². The number of hydrogen-bond donors (Lipinski definition) is 0. The zero-order chi connectivity index (χ0) is 12.4. The Morgan fingerprint density at radius 1 is 1.65 bits per heavy atom. The summed E-state index contributed by atoms with van der Waals surface area (Å²) in [5, 5.41) is 0. The van der Waals surface area contributed by atoms with Crippen LogP contribution < -0.4 is 4.90 Å². The molecule has 17 heavy (non-hydrogen) atoms. The summed E-state index contributed by atoms with van der Waals surface area (Å²) in [7, 11) is 1.44. The first-order valence-corrected chi connectivity index (χ1v) is 6.36. The standard InChI is InChI=1S/C12H15BrN2O2/c1-8-5-11(14-6-10(8)13)15-4-3-9(7-15)12(16)17-2/h5-6,9H,3-4,7H2,1-2H3. The molecule has 1 saturated heterocycles. The van der Waals surface area contributed by atoms with E-state index in [2.05, 4.69) is 25.8 Å². The average Bonchev–Trinajstić information content (AvgIpc) is 2.81.